The largest absolute Gasteiger partial charge is 0.493 e. The van der Waals surface area contributed by atoms with Gasteiger partial charge in [0, 0.05) is 12.5 Å². The van der Waals surface area contributed by atoms with Crippen LogP contribution < -0.4 is 9.47 Å². The number of hydrogen-bond acceptors (Lipinski definition) is 4. The zero-order chi connectivity index (χ0) is 12.1. The average molecular weight is 226 g/mol. The first-order valence-electron chi connectivity index (χ1n) is 5.14. The summed E-state index contributed by atoms with van der Waals surface area (Å²) in [6, 6.07) is 5.22. The molecule has 0 aliphatic rings. The minimum absolute atomic E-state index is 0.0600. The van der Waals surface area contributed by atoms with Gasteiger partial charge >= 0.3 is 0 Å². The van der Waals surface area contributed by atoms with Gasteiger partial charge in [-0.05, 0) is 17.7 Å². The molecule has 1 aromatic carbocycles. The van der Waals surface area contributed by atoms with Crippen molar-refractivity contribution in [3.8, 4) is 11.5 Å². The fourth-order valence-corrected chi connectivity index (χ4v) is 1.47. The third kappa shape index (κ3) is 2.65. The van der Waals surface area contributed by atoms with Crippen molar-refractivity contribution in [2.75, 3.05) is 20.8 Å². The van der Waals surface area contributed by atoms with Crippen molar-refractivity contribution < 1.29 is 19.7 Å². The molecule has 16 heavy (non-hydrogen) atoms. The first kappa shape index (κ1) is 12.8. The lowest BCUT2D eigenvalue weighted by Crippen LogP contribution is -2.13. The number of benzene rings is 1. The number of rotatable bonds is 5. The van der Waals surface area contributed by atoms with Crippen molar-refractivity contribution in [2.45, 2.75) is 13.0 Å². The van der Waals surface area contributed by atoms with Gasteiger partial charge in [0.2, 0.25) is 0 Å². The summed E-state index contributed by atoms with van der Waals surface area (Å²) in [6.07, 6.45) is -0.704. The van der Waals surface area contributed by atoms with E-state index in [1.54, 1.807) is 39.3 Å². The summed E-state index contributed by atoms with van der Waals surface area (Å²) in [5.74, 6) is 0.984. The number of methoxy groups -OCH3 is 2. The van der Waals surface area contributed by atoms with E-state index in [4.69, 9.17) is 14.6 Å². The normalized spacial score (nSPS) is 14.3. The standard InChI is InChI=1S/C12H18O4/c1-8(7-13)12(14)9-4-5-10(15-2)11(6-9)16-3/h4-6,8,12-14H,7H2,1-3H3. The van der Waals surface area contributed by atoms with E-state index in [0.717, 1.165) is 0 Å². The highest BCUT2D eigenvalue weighted by atomic mass is 16.5. The maximum atomic E-state index is 9.92. The summed E-state index contributed by atoms with van der Waals surface area (Å²) in [6.45, 7) is 1.72. The molecule has 4 nitrogen and oxygen atoms in total. The van der Waals surface area contributed by atoms with Crippen molar-refractivity contribution >= 4 is 0 Å². The zero-order valence-corrected chi connectivity index (χ0v) is 9.80. The lowest BCUT2D eigenvalue weighted by atomic mass is 9.98. The Bertz CT molecular complexity index is 338. The van der Waals surface area contributed by atoms with Gasteiger partial charge in [-0.1, -0.05) is 13.0 Å². The molecule has 1 aromatic rings. The van der Waals surface area contributed by atoms with Gasteiger partial charge in [0.15, 0.2) is 11.5 Å². The molecule has 1 rings (SSSR count). The van der Waals surface area contributed by atoms with Crippen LogP contribution in [-0.2, 0) is 0 Å². The molecule has 0 bridgehead atoms. The second-order valence-electron chi connectivity index (χ2n) is 3.72. The van der Waals surface area contributed by atoms with E-state index in [1.807, 2.05) is 0 Å². The van der Waals surface area contributed by atoms with E-state index in [1.165, 1.54) is 0 Å². The summed E-state index contributed by atoms with van der Waals surface area (Å²) in [5, 5.41) is 18.9. The van der Waals surface area contributed by atoms with Crippen molar-refractivity contribution in [3.63, 3.8) is 0 Å². The van der Waals surface area contributed by atoms with Gasteiger partial charge in [-0.2, -0.15) is 0 Å². The quantitative estimate of drug-likeness (QED) is 0.796. The van der Waals surface area contributed by atoms with Gasteiger partial charge in [-0.3, -0.25) is 0 Å². The second-order valence-corrected chi connectivity index (χ2v) is 3.72. The highest BCUT2D eigenvalue weighted by Gasteiger charge is 2.17. The van der Waals surface area contributed by atoms with Crippen LogP contribution in [0.25, 0.3) is 0 Å². The predicted octanol–water partition coefficient (Wildman–Crippen LogP) is 1.37. The molecule has 0 fully saturated rings. The molecule has 2 unspecified atom stereocenters. The second kappa shape index (κ2) is 5.72. The molecule has 0 saturated carbocycles. The van der Waals surface area contributed by atoms with Crippen LogP contribution in [0.15, 0.2) is 18.2 Å². The lowest BCUT2D eigenvalue weighted by molar-refractivity contribution is 0.0768. The Morgan fingerprint density at radius 2 is 1.81 bits per heavy atom. The van der Waals surface area contributed by atoms with E-state index in [2.05, 4.69) is 0 Å². The highest BCUT2D eigenvalue weighted by molar-refractivity contribution is 5.43. The van der Waals surface area contributed by atoms with Crippen molar-refractivity contribution in [1.82, 2.24) is 0 Å². The molecular weight excluding hydrogens is 208 g/mol. The maximum Gasteiger partial charge on any atom is 0.161 e. The van der Waals surface area contributed by atoms with Gasteiger partial charge in [-0.25, -0.2) is 0 Å². The summed E-state index contributed by atoms with van der Waals surface area (Å²) in [7, 11) is 3.10. The maximum absolute atomic E-state index is 9.92. The molecule has 4 heteroatoms. The lowest BCUT2D eigenvalue weighted by Gasteiger charge is -2.18. The molecule has 0 aliphatic carbocycles. The van der Waals surface area contributed by atoms with Crippen LogP contribution in [0.2, 0.25) is 0 Å². The first-order chi connectivity index (χ1) is 7.63. The van der Waals surface area contributed by atoms with Crippen LogP contribution in [0, 0.1) is 5.92 Å². The van der Waals surface area contributed by atoms with Crippen LogP contribution in [-0.4, -0.2) is 31.0 Å². The van der Waals surface area contributed by atoms with E-state index in [9.17, 15) is 5.11 Å². The molecule has 0 radical (unpaired) electrons. The van der Waals surface area contributed by atoms with Crippen LogP contribution >= 0.6 is 0 Å². The predicted molar refractivity (Wildman–Crippen MR) is 60.8 cm³/mol. The molecule has 0 amide bonds. The van der Waals surface area contributed by atoms with Gasteiger partial charge in [0.25, 0.3) is 0 Å². The van der Waals surface area contributed by atoms with Gasteiger partial charge in [0.05, 0.1) is 20.3 Å². The van der Waals surface area contributed by atoms with E-state index in [-0.39, 0.29) is 12.5 Å². The minimum Gasteiger partial charge on any atom is -0.493 e. The summed E-state index contributed by atoms with van der Waals surface area (Å²) < 4.78 is 10.2. The Kier molecular flexibility index (Phi) is 4.58. The summed E-state index contributed by atoms with van der Waals surface area (Å²) in [5.41, 5.74) is 0.708. The third-order valence-corrected chi connectivity index (χ3v) is 2.58. The van der Waals surface area contributed by atoms with E-state index < -0.39 is 6.10 Å². The molecule has 2 atom stereocenters. The van der Waals surface area contributed by atoms with Gasteiger partial charge < -0.3 is 19.7 Å². The molecule has 0 aromatic heterocycles. The molecule has 0 aliphatic heterocycles. The zero-order valence-electron chi connectivity index (χ0n) is 9.80. The van der Waals surface area contributed by atoms with Crippen molar-refractivity contribution in [2.24, 2.45) is 5.92 Å². The number of aliphatic hydroxyl groups is 2. The van der Waals surface area contributed by atoms with Gasteiger partial charge in [0.1, 0.15) is 0 Å². The fraction of sp³-hybridized carbons (Fsp3) is 0.500. The first-order valence-corrected chi connectivity index (χ1v) is 5.14. The summed E-state index contributed by atoms with van der Waals surface area (Å²) >= 11 is 0. The number of hydrogen-bond donors (Lipinski definition) is 2. The number of aliphatic hydroxyl groups excluding tert-OH is 2. The van der Waals surface area contributed by atoms with E-state index in [0.29, 0.717) is 17.1 Å². The Morgan fingerprint density at radius 3 is 2.31 bits per heavy atom. The van der Waals surface area contributed by atoms with Crippen LogP contribution in [0.5, 0.6) is 11.5 Å². The van der Waals surface area contributed by atoms with Crippen LogP contribution in [0.1, 0.15) is 18.6 Å². The molecule has 0 spiro atoms. The molecular formula is C12H18O4. The smallest absolute Gasteiger partial charge is 0.161 e. The topological polar surface area (TPSA) is 58.9 Å². The average Bonchev–Trinajstić information content (AvgIpc) is 2.35. The Morgan fingerprint density at radius 1 is 1.19 bits per heavy atom. The van der Waals surface area contributed by atoms with Crippen LogP contribution in [0.3, 0.4) is 0 Å². The Balaban J connectivity index is 2.98. The molecule has 0 saturated heterocycles. The minimum atomic E-state index is -0.704. The molecule has 90 valence electrons. The Labute approximate surface area is 95.4 Å². The molecule has 2 N–H and O–H groups in total. The third-order valence-electron chi connectivity index (χ3n) is 2.58. The van der Waals surface area contributed by atoms with E-state index >= 15 is 0 Å². The number of ether oxygens (including phenoxy) is 2. The molecule has 0 heterocycles. The van der Waals surface area contributed by atoms with Gasteiger partial charge in [-0.15, -0.1) is 0 Å². The monoisotopic (exact) mass is 226 g/mol. The highest BCUT2D eigenvalue weighted by Crippen LogP contribution is 2.31. The van der Waals surface area contributed by atoms with Crippen molar-refractivity contribution in [3.05, 3.63) is 23.8 Å². The SMILES string of the molecule is COc1ccc(C(O)C(C)CO)cc1OC. The summed E-state index contributed by atoms with van der Waals surface area (Å²) in [4.78, 5) is 0. The van der Waals surface area contributed by atoms with Crippen molar-refractivity contribution in [1.29, 1.82) is 0 Å². The Hall–Kier alpha value is -1.26. The van der Waals surface area contributed by atoms with Crippen LogP contribution in [0.4, 0.5) is 0 Å². The fourth-order valence-electron chi connectivity index (χ4n) is 1.47.